The van der Waals surface area contributed by atoms with Crippen LogP contribution in [-0.4, -0.2) is 50.4 Å². The Hall–Kier alpha value is -0.670. The largest absolute Gasteiger partial charge is 0.314 e. The molecule has 2 rings (SSSR count). The number of allylic oxidation sites excluding steroid dienone is 2. The topological polar surface area (TPSA) is 27.6 Å². The van der Waals surface area contributed by atoms with E-state index in [-0.39, 0.29) is 0 Å². The molecule has 18 heavy (non-hydrogen) atoms. The normalized spacial score (nSPS) is 24.1. The van der Waals surface area contributed by atoms with Crippen LogP contribution in [0.4, 0.5) is 0 Å². The van der Waals surface area contributed by atoms with Crippen LogP contribution in [-0.2, 0) is 0 Å². The minimum absolute atomic E-state index is 0.786. The highest BCUT2D eigenvalue weighted by Crippen LogP contribution is 2.37. The van der Waals surface area contributed by atoms with E-state index in [1.807, 2.05) is 6.21 Å². The van der Waals surface area contributed by atoms with E-state index in [4.69, 9.17) is 0 Å². The molecule has 0 radical (unpaired) electrons. The third kappa shape index (κ3) is 4.91. The van der Waals surface area contributed by atoms with Crippen molar-refractivity contribution in [3.05, 3.63) is 12.2 Å². The van der Waals surface area contributed by atoms with Gasteiger partial charge in [-0.25, -0.2) is 0 Å². The molecule has 2 fully saturated rings. The van der Waals surface area contributed by atoms with Gasteiger partial charge in [-0.15, -0.1) is 0 Å². The highest BCUT2D eigenvalue weighted by atomic mass is 15.2. The molecule has 0 spiro atoms. The van der Waals surface area contributed by atoms with Crippen LogP contribution < -0.4 is 5.32 Å². The first kappa shape index (κ1) is 13.8. The number of hydrogen-bond acceptors (Lipinski definition) is 3. The van der Waals surface area contributed by atoms with Gasteiger partial charge in [0.2, 0.25) is 0 Å². The fourth-order valence-electron chi connectivity index (χ4n) is 2.60. The maximum absolute atomic E-state index is 4.58. The maximum atomic E-state index is 4.58. The zero-order valence-corrected chi connectivity index (χ0v) is 11.6. The van der Waals surface area contributed by atoms with Crippen LogP contribution in [0.25, 0.3) is 0 Å². The van der Waals surface area contributed by atoms with Gasteiger partial charge < -0.3 is 10.2 Å². The third-order valence-electron chi connectivity index (χ3n) is 3.89. The van der Waals surface area contributed by atoms with E-state index in [0.717, 1.165) is 37.9 Å². The van der Waals surface area contributed by atoms with Crippen molar-refractivity contribution in [2.24, 2.45) is 16.8 Å². The second kappa shape index (κ2) is 7.70. The molecule has 1 unspecified atom stereocenters. The SMILES string of the molecule is CCC=CC=NCC(CN1CCNCC1)C1CC1. The van der Waals surface area contributed by atoms with Crippen LogP contribution in [0.5, 0.6) is 0 Å². The van der Waals surface area contributed by atoms with Gasteiger partial charge in [-0.1, -0.05) is 13.0 Å². The molecule has 0 aromatic rings. The average molecular weight is 249 g/mol. The molecular weight excluding hydrogens is 222 g/mol. The molecule has 3 heteroatoms. The number of piperazine rings is 1. The van der Waals surface area contributed by atoms with Crippen LogP contribution in [0.2, 0.25) is 0 Å². The standard InChI is InChI=1S/C15H27N3/c1-2-3-4-7-17-12-15(14-5-6-14)13-18-10-8-16-9-11-18/h3-4,7,14-16H,2,5-6,8-13H2,1H3. The van der Waals surface area contributed by atoms with Crippen molar-refractivity contribution in [3.63, 3.8) is 0 Å². The molecule has 1 aliphatic carbocycles. The third-order valence-corrected chi connectivity index (χ3v) is 3.89. The molecule has 0 aromatic carbocycles. The van der Waals surface area contributed by atoms with Gasteiger partial charge in [0.1, 0.15) is 0 Å². The minimum atomic E-state index is 0.786. The van der Waals surface area contributed by atoms with Crippen LogP contribution in [0.1, 0.15) is 26.2 Å². The fraction of sp³-hybridized carbons (Fsp3) is 0.800. The van der Waals surface area contributed by atoms with Crippen molar-refractivity contribution in [1.82, 2.24) is 10.2 Å². The number of rotatable bonds is 7. The molecule has 0 aromatic heterocycles. The summed E-state index contributed by atoms with van der Waals surface area (Å²) in [5, 5.41) is 3.42. The van der Waals surface area contributed by atoms with Crippen LogP contribution in [0, 0.1) is 11.8 Å². The van der Waals surface area contributed by atoms with E-state index in [1.54, 1.807) is 0 Å². The Morgan fingerprint density at radius 2 is 2.11 bits per heavy atom. The lowest BCUT2D eigenvalue weighted by Crippen LogP contribution is -2.45. The first-order chi connectivity index (χ1) is 8.90. The summed E-state index contributed by atoms with van der Waals surface area (Å²) < 4.78 is 0. The molecule has 0 bridgehead atoms. The molecule has 1 N–H and O–H groups in total. The fourth-order valence-corrected chi connectivity index (χ4v) is 2.60. The monoisotopic (exact) mass is 249 g/mol. The summed E-state index contributed by atoms with van der Waals surface area (Å²) in [7, 11) is 0. The molecule has 1 saturated carbocycles. The Kier molecular flexibility index (Phi) is 5.88. The molecular formula is C15H27N3. The molecule has 1 atom stereocenters. The number of hydrogen-bond donors (Lipinski definition) is 1. The Balaban J connectivity index is 1.73. The first-order valence-corrected chi connectivity index (χ1v) is 7.48. The predicted molar refractivity (Wildman–Crippen MR) is 78.3 cm³/mol. The molecule has 2 aliphatic rings. The molecule has 102 valence electrons. The maximum Gasteiger partial charge on any atom is 0.0432 e. The highest BCUT2D eigenvalue weighted by Gasteiger charge is 2.32. The highest BCUT2D eigenvalue weighted by molar-refractivity contribution is 5.70. The Bertz CT molecular complexity index is 275. The first-order valence-electron chi connectivity index (χ1n) is 7.48. The Morgan fingerprint density at radius 1 is 1.33 bits per heavy atom. The van der Waals surface area contributed by atoms with Gasteiger partial charge in [0.05, 0.1) is 0 Å². The number of aliphatic imine (C=N–C) groups is 1. The summed E-state index contributed by atoms with van der Waals surface area (Å²) in [4.78, 5) is 7.19. The summed E-state index contributed by atoms with van der Waals surface area (Å²) in [6.07, 6.45) is 10.2. The summed E-state index contributed by atoms with van der Waals surface area (Å²) in [6.45, 7) is 9.15. The predicted octanol–water partition coefficient (Wildman–Crippen LogP) is 1.95. The van der Waals surface area contributed by atoms with Crippen molar-refractivity contribution in [2.75, 3.05) is 39.3 Å². The molecule has 1 saturated heterocycles. The quantitative estimate of drug-likeness (QED) is 0.698. The molecule has 3 nitrogen and oxygen atoms in total. The van der Waals surface area contributed by atoms with E-state index in [1.165, 1.54) is 32.5 Å². The van der Waals surface area contributed by atoms with Gasteiger partial charge in [0.15, 0.2) is 0 Å². The van der Waals surface area contributed by atoms with Crippen LogP contribution in [0.3, 0.4) is 0 Å². The van der Waals surface area contributed by atoms with Gasteiger partial charge in [-0.2, -0.15) is 0 Å². The summed E-state index contributed by atoms with van der Waals surface area (Å²) in [5.41, 5.74) is 0. The lowest BCUT2D eigenvalue weighted by Gasteiger charge is -2.30. The van der Waals surface area contributed by atoms with Crippen molar-refractivity contribution in [2.45, 2.75) is 26.2 Å². The van der Waals surface area contributed by atoms with Crippen LogP contribution >= 0.6 is 0 Å². The lowest BCUT2D eigenvalue weighted by molar-refractivity contribution is 0.198. The summed E-state index contributed by atoms with van der Waals surface area (Å²) in [6, 6.07) is 0. The second-order valence-corrected chi connectivity index (χ2v) is 5.50. The smallest absolute Gasteiger partial charge is 0.0432 e. The molecule has 1 aliphatic heterocycles. The molecule has 0 amide bonds. The van der Waals surface area contributed by atoms with Gasteiger partial charge in [-0.05, 0) is 37.2 Å². The summed E-state index contributed by atoms with van der Waals surface area (Å²) >= 11 is 0. The van der Waals surface area contributed by atoms with Gasteiger partial charge in [0.25, 0.3) is 0 Å². The van der Waals surface area contributed by atoms with Crippen LogP contribution in [0.15, 0.2) is 17.1 Å². The number of nitrogens with one attached hydrogen (secondary N) is 1. The van der Waals surface area contributed by atoms with E-state index in [9.17, 15) is 0 Å². The summed E-state index contributed by atoms with van der Waals surface area (Å²) in [5.74, 6) is 1.74. The van der Waals surface area contributed by atoms with Gasteiger partial charge >= 0.3 is 0 Å². The molecule has 1 heterocycles. The average Bonchev–Trinajstić information content (AvgIpc) is 3.23. The second-order valence-electron chi connectivity index (χ2n) is 5.50. The van der Waals surface area contributed by atoms with Crippen molar-refractivity contribution >= 4 is 6.21 Å². The number of nitrogens with zero attached hydrogens (tertiary/aromatic N) is 2. The van der Waals surface area contributed by atoms with Crippen molar-refractivity contribution < 1.29 is 0 Å². The van der Waals surface area contributed by atoms with Gasteiger partial charge in [0, 0.05) is 45.5 Å². The Labute approximate surface area is 111 Å². The van der Waals surface area contributed by atoms with E-state index in [2.05, 4.69) is 34.3 Å². The van der Waals surface area contributed by atoms with Gasteiger partial charge in [-0.3, -0.25) is 4.99 Å². The van der Waals surface area contributed by atoms with E-state index < -0.39 is 0 Å². The minimum Gasteiger partial charge on any atom is -0.314 e. The van der Waals surface area contributed by atoms with Crippen molar-refractivity contribution in [1.29, 1.82) is 0 Å². The Morgan fingerprint density at radius 3 is 2.78 bits per heavy atom. The zero-order chi connectivity index (χ0) is 12.6. The van der Waals surface area contributed by atoms with E-state index in [0.29, 0.717) is 0 Å². The van der Waals surface area contributed by atoms with Crippen molar-refractivity contribution in [3.8, 4) is 0 Å². The van der Waals surface area contributed by atoms with E-state index >= 15 is 0 Å². The lowest BCUT2D eigenvalue weighted by atomic mass is 10.0. The zero-order valence-electron chi connectivity index (χ0n) is 11.6.